The number of pyridine rings is 1. The van der Waals surface area contributed by atoms with Crippen molar-refractivity contribution in [1.82, 2.24) is 15.2 Å². The highest BCUT2D eigenvalue weighted by Gasteiger charge is 2.32. The molecule has 6 heteroatoms. The molecule has 1 atom stereocenters. The van der Waals surface area contributed by atoms with Gasteiger partial charge in [-0.3, -0.25) is 0 Å². The number of ether oxygens (including phenoxy) is 1. The fourth-order valence-electron chi connectivity index (χ4n) is 3.80. The molecule has 132 valence electrons. The van der Waals surface area contributed by atoms with E-state index in [-0.39, 0.29) is 6.03 Å². The molecule has 2 aliphatic rings. The lowest BCUT2D eigenvalue weighted by molar-refractivity contribution is 0.0484. The first-order valence-corrected chi connectivity index (χ1v) is 8.87. The maximum Gasteiger partial charge on any atom is 0.317 e. The highest BCUT2D eigenvalue weighted by molar-refractivity contribution is 5.74. The highest BCUT2D eigenvalue weighted by atomic mass is 16.5. The smallest absolute Gasteiger partial charge is 0.317 e. The maximum absolute atomic E-state index is 12.5. The van der Waals surface area contributed by atoms with Gasteiger partial charge in [0.25, 0.3) is 0 Å². The number of amides is 2. The summed E-state index contributed by atoms with van der Waals surface area (Å²) in [7, 11) is 3.93. The highest BCUT2D eigenvalue weighted by Crippen LogP contribution is 2.31. The summed E-state index contributed by atoms with van der Waals surface area (Å²) in [6, 6.07) is 3.96. The maximum atomic E-state index is 12.5. The van der Waals surface area contributed by atoms with Crippen molar-refractivity contribution in [3.8, 4) is 0 Å². The molecular formula is C18H28N4O2. The zero-order valence-corrected chi connectivity index (χ0v) is 14.7. The molecule has 0 spiro atoms. The van der Waals surface area contributed by atoms with Crippen LogP contribution in [0.15, 0.2) is 18.3 Å². The van der Waals surface area contributed by atoms with Gasteiger partial charge >= 0.3 is 6.03 Å². The van der Waals surface area contributed by atoms with Crippen molar-refractivity contribution in [1.29, 1.82) is 0 Å². The minimum Gasteiger partial charge on any atom is -0.381 e. The van der Waals surface area contributed by atoms with Gasteiger partial charge in [-0.25, -0.2) is 9.78 Å². The van der Waals surface area contributed by atoms with Crippen LogP contribution in [0.25, 0.3) is 0 Å². The van der Waals surface area contributed by atoms with Crippen LogP contribution in [0.1, 0.15) is 24.8 Å². The lowest BCUT2D eigenvalue weighted by Crippen LogP contribution is -2.39. The van der Waals surface area contributed by atoms with Crippen molar-refractivity contribution < 1.29 is 9.53 Å². The van der Waals surface area contributed by atoms with Gasteiger partial charge in [0.1, 0.15) is 5.82 Å². The second kappa shape index (κ2) is 7.83. The second-order valence-electron chi connectivity index (χ2n) is 6.98. The summed E-state index contributed by atoms with van der Waals surface area (Å²) in [6.07, 6.45) is 5.18. The molecule has 2 amide bonds. The summed E-state index contributed by atoms with van der Waals surface area (Å²) < 4.78 is 5.45. The Morgan fingerprint density at radius 2 is 2.12 bits per heavy atom. The average Bonchev–Trinajstić information content (AvgIpc) is 3.11. The van der Waals surface area contributed by atoms with Crippen LogP contribution in [0.5, 0.6) is 0 Å². The fraction of sp³-hybridized carbons (Fsp3) is 0.667. The molecule has 1 aromatic heterocycles. The molecule has 1 N–H and O–H groups in total. The molecule has 6 nitrogen and oxygen atoms in total. The van der Waals surface area contributed by atoms with E-state index in [1.165, 1.54) is 0 Å². The van der Waals surface area contributed by atoms with E-state index in [1.807, 2.05) is 36.0 Å². The summed E-state index contributed by atoms with van der Waals surface area (Å²) in [5, 5.41) is 3.06. The van der Waals surface area contributed by atoms with Crippen molar-refractivity contribution >= 4 is 11.8 Å². The number of carbonyl (C=O) groups is 1. The minimum absolute atomic E-state index is 0.0399. The van der Waals surface area contributed by atoms with Crippen LogP contribution in [0, 0.1) is 11.8 Å². The predicted octanol–water partition coefficient (Wildman–Crippen LogP) is 2.11. The Balaban J connectivity index is 1.51. The van der Waals surface area contributed by atoms with Crippen LogP contribution in [0.4, 0.5) is 10.6 Å². The number of hydrogen-bond donors (Lipinski definition) is 1. The van der Waals surface area contributed by atoms with E-state index in [2.05, 4.69) is 10.3 Å². The van der Waals surface area contributed by atoms with Crippen LogP contribution >= 0.6 is 0 Å². The van der Waals surface area contributed by atoms with Gasteiger partial charge in [0, 0.05) is 58.7 Å². The molecule has 2 saturated heterocycles. The third-order valence-corrected chi connectivity index (χ3v) is 5.17. The lowest BCUT2D eigenvalue weighted by atomic mass is 9.85. The molecule has 1 aromatic rings. The van der Waals surface area contributed by atoms with E-state index < -0.39 is 0 Å². The summed E-state index contributed by atoms with van der Waals surface area (Å²) in [6.45, 7) is 4.01. The van der Waals surface area contributed by atoms with Crippen molar-refractivity contribution in [3.63, 3.8) is 0 Å². The standard InChI is InChI=1S/C18H28N4O2/c1-21(2)17-15(4-3-8-19-17)12-20-18(23)22-9-5-16(13-22)14-6-10-24-11-7-14/h3-4,8,14,16H,5-7,9-13H2,1-2H3,(H,20,23)/t16-/m0/s1. The Morgan fingerprint density at radius 3 is 2.88 bits per heavy atom. The van der Waals surface area contributed by atoms with Gasteiger partial charge in [-0.05, 0) is 37.2 Å². The number of anilines is 1. The van der Waals surface area contributed by atoms with E-state index in [0.29, 0.717) is 12.5 Å². The Bertz CT molecular complexity index is 558. The van der Waals surface area contributed by atoms with Crippen molar-refractivity contribution in [2.45, 2.75) is 25.8 Å². The number of urea groups is 1. The Morgan fingerprint density at radius 1 is 1.33 bits per heavy atom. The fourth-order valence-corrected chi connectivity index (χ4v) is 3.80. The molecule has 3 heterocycles. The van der Waals surface area contributed by atoms with Crippen LogP contribution in [-0.4, -0.2) is 56.3 Å². The molecule has 0 aromatic carbocycles. The molecule has 0 saturated carbocycles. The molecule has 0 bridgehead atoms. The number of aromatic nitrogens is 1. The predicted molar refractivity (Wildman–Crippen MR) is 94.0 cm³/mol. The van der Waals surface area contributed by atoms with E-state index in [9.17, 15) is 4.79 Å². The first kappa shape index (κ1) is 17.0. The number of rotatable bonds is 4. The van der Waals surface area contributed by atoms with Gasteiger partial charge in [0.15, 0.2) is 0 Å². The third kappa shape index (κ3) is 3.98. The number of nitrogens with zero attached hydrogens (tertiary/aromatic N) is 3. The first-order chi connectivity index (χ1) is 11.6. The van der Waals surface area contributed by atoms with E-state index in [0.717, 1.165) is 62.9 Å². The number of hydrogen-bond acceptors (Lipinski definition) is 4. The largest absolute Gasteiger partial charge is 0.381 e. The monoisotopic (exact) mass is 332 g/mol. The van der Waals surface area contributed by atoms with Crippen molar-refractivity contribution in [3.05, 3.63) is 23.9 Å². The van der Waals surface area contributed by atoms with Crippen LogP contribution in [0.3, 0.4) is 0 Å². The SMILES string of the molecule is CN(C)c1ncccc1CNC(=O)N1CC[C@H](C2CCOCC2)C1. The van der Waals surface area contributed by atoms with Gasteiger partial charge in [-0.1, -0.05) is 6.07 Å². The topological polar surface area (TPSA) is 57.7 Å². The third-order valence-electron chi connectivity index (χ3n) is 5.17. The molecular weight excluding hydrogens is 304 g/mol. The van der Waals surface area contributed by atoms with Crippen LogP contribution in [0.2, 0.25) is 0 Å². The zero-order valence-electron chi connectivity index (χ0n) is 14.7. The van der Waals surface area contributed by atoms with E-state index in [1.54, 1.807) is 6.20 Å². The van der Waals surface area contributed by atoms with Crippen molar-refractivity contribution in [2.24, 2.45) is 11.8 Å². The minimum atomic E-state index is 0.0399. The van der Waals surface area contributed by atoms with Crippen molar-refractivity contribution in [2.75, 3.05) is 45.3 Å². The molecule has 0 aliphatic carbocycles. The Kier molecular flexibility index (Phi) is 5.56. The Hall–Kier alpha value is -1.82. The summed E-state index contributed by atoms with van der Waals surface area (Å²) >= 11 is 0. The number of carbonyl (C=O) groups excluding carboxylic acids is 1. The number of likely N-dealkylation sites (tertiary alicyclic amines) is 1. The Labute approximate surface area is 144 Å². The second-order valence-corrected chi connectivity index (χ2v) is 6.98. The van der Waals surface area contributed by atoms with Gasteiger partial charge < -0.3 is 19.9 Å². The van der Waals surface area contributed by atoms with Crippen LogP contribution in [-0.2, 0) is 11.3 Å². The molecule has 2 fully saturated rings. The van der Waals surface area contributed by atoms with Crippen LogP contribution < -0.4 is 10.2 Å². The quantitative estimate of drug-likeness (QED) is 0.917. The molecule has 24 heavy (non-hydrogen) atoms. The summed E-state index contributed by atoms with van der Waals surface area (Å²) in [5.41, 5.74) is 1.04. The normalized spacial score (nSPS) is 21.8. The average molecular weight is 332 g/mol. The lowest BCUT2D eigenvalue weighted by Gasteiger charge is -2.27. The molecule has 0 radical (unpaired) electrons. The summed E-state index contributed by atoms with van der Waals surface area (Å²) in [5.74, 6) is 2.25. The summed E-state index contributed by atoms with van der Waals surface area (Å²) in [4.78, 5) is 20.8. The van der Waals surface area contributed by atoms with Gasteiger partial charge in [-0.2, -0.15) is 0 Å². The van der Waals surface area contributed by atoms with Gasteiger partial charge in [-0.15, -0.1) is 0 Å². The van der Waals surface area contributed by atoms with Gasteiger partial charge in [0.2, 0.25) is 0 Å². The molecule has 3 rings (SSSR count). The first-order valence-electron chi connectivity index (χ1n) is 8.87. The van der Waals surface area contributed by atoms with E-state index in [4.69, 9.17) is 4.74 Å². The zero-order chi connectivity index (χ0) is 16.9. The van der Waals surface area contributed by atoms with Gasteiger partial charge in [0.05, 0.1) is 0 Å². The molecule has 0 unspecified atom stereocenters. The molecule has 2 aliphatic heterocycles. The van der Waals surface area contributed by atoms with E-state index >= 15 is 0 Å². The number of nitrogens with one attached hydrogen (secondary N) is 1.